The van der Waals surface area contributed by atoms with E-state index in [0.717, 1.165) is 26.2 Å². The molecule has 1 aliphatic heterocycles. The lowest BCUT2D eigenvalue weighted by molar-refractivity contribution is -0.128. The van der Waals surface area contributed by atoms with E-state index in [0.29, 0.717) is 5.92 Å². The third kappa shape index (κ3) is 3.14. The summed E-state index contributed by atoms with van der Waals surface area (Å²) in [6, 6.07) is 0. The van der Waals surface area contributed by atoms with Crippen LogP contribution in [0.25, 0.3) is 0 Å². The van der Waals surface area contributed by atoms with Gasteiger partial charge in [0, 0.05) is 19.6 Å². The maximum atomic E-state index is 11.4. The Morgan fingerprint density at radius 2 is 2.36 bits per heavy atom. The van der Waals surface area contributed by atoms with Gasteiger partial charge in [-0.05, 0) is 32.9 Å². The van der Waals surface area contributed by atoms with Crippen molar-refractivity contribution in [2.45, 2.75) is 13.3 Å². The highest BCUT2D eigenvalue weighted by Crippen LogP contribution is 2.15. The van der Waals surface area contributed by atoms with Gasteiger partial charge in [-0.15, -0.1) is 11.6 Å². The Morgan fingerprint density at radius 1 is 1.64 bits per heavy atom. The van der Waals surface area contributed by atoms with Crippen LogP contribution in [0.2, 0.25) is 0 Å². The van der Waals surface area contributed by atoms with Crippen LogP contribution in [0.4, 0.5) is 0 Å². The average Bonchev–Trinajstić information content (AvgIpc) is 2.59. The van der Waals surface area contributed by atoms with Crippen molar-refractivity contribution in [1.82, 2.24) is 9.80 Å². The summed E-state index contributed by atoms with van der Waals surface area (Å²) in [4.78, 5) is 15.6. The van der Waals surface area contributed by atoms with E-state index in [1.165, 1.54) is 6.42 Å². The highest BCUT2D eigenvalue weighted by molar-refractivity contribution is 6.27. The Labute approximate surface area is 91.0 Å². The fourth-order valence-electron chi connectivity index (χ4n) is 1.98. The third-order valence-corrected chi connectivity index (χ3v) is 3.04. The molecule has 1 fully saturated rings. The summed E-state index contributed by atoms with van der Waals surface area (Å²) in [6.45, 7) is 5.89. The molecule has 3 nitrogen and oxygen atoms in total. The van der Waals surface area contributed by atoms with Crippen LogP contribution in [0.15, 0.2) is 0 Å². The van der Waals surface area contributed by atoms with Crippen LogP contribution in [0.3, 0.4) is 0 Å². The fourth-order valence-corrected chi connectivity index (χ4v) is 2.15. The van der Waals surface area contributed by atoms with Crippen LogP contribution in [-0.2, 0) is 4.79 Å². The van der Waals surface area contributed by atoms with Crippen molar-refractivity contribution in [2.75, 3.05) is 39.1 Å². The second-order valence-electron chi connectivity index (χ2n) is 3.98. The van der Waals surface area contributed by atoms with Gasteiger partial charge in [-0.1, -0.05) is 0 Å². The second-order valence-corrected chi connectivity index (χ2v) is 4.25. The van der Waals surface area contributed by atoms with Crippen LogP contribution in [0, 0.1) is 5.92 Å². The molecule has 0 unspecified atom stereocenters. The van der Waals surface area contributed by atoms with Crippen molar-refractivity contribution >= 4 is 17.5 Å². The summed E-state index contributed by atoms with van der Waals surface area (Å²) < 4.78 is 0. The molecule has 0 aromatic carbocycles. The standard InChI is InChI=1S/C10H19ClN2O/c1-3-13(10(14)6-11)8-9-4-5-12(2)7-9/h9H,3-8H2,1-2H3/t9-/m0/s1. The number of rotatable bonds is 4. The van der Waals surface area contributed by atoms with Gasteiger partial charge in [-0.25, -0.2) is 0 Å². The average molecular weight is 219 g/mol. The van der Waals surface area contributed by atoms with E-state index in [1.807, 2.05) is 11.8 Å². The number of amides is 1. The predicted molar refractivity (Wildman–Crippen MR) is 58.6 cm³/mol. The van der Waals surface area contributed by atoms with E-state index in [2.05, 4.69) is 11.9 Å². The zero-order chi connectivity index (χ0) is 10.6. The summed E-state index contributed by atoms with van der Waals surface area (Å²) in [6.07, 6.45) is 1.20. The molecule has 0 radical (unpaired) electrons. The van der Waals surface area contributed by atoms with E-state index in [9.17, 15) is 4.79 Å². The lowest BCUT2D eigenvalue weighted by Crippen LogP contribution is -2.36. The SMILES string of the molecule is CCN(C[C@H]1CCN(C)C1)C(=O)CCl. The number of hydrogen-bond acceptors (Lipinski definition) is 2. The molecule has 82 valence electrons. The van der Waals surface area contributed by atoms with Crippen molar-refractivity contribution < 1.29 is 4.79 Å². The van der Waals surface area contributed by atoms with Gasteiger partial charge in [0.05, 0.1) is 0 Å². The van der Waals surface area contributed by atoms with Crippen molar-refractivity contribution in [2.24, 2.45) is 5.92 Å². The Bertz CT molecular complexity index is 199. The molecule has 1 heterocycles. The zero-order valence-electron chi connectivity index (χ0n) is 9.00. The molecule has 0 aromatic rings. The highest BCUT2D eigenvalue weighted by atomic mass is 35.5. The minimum absolute atomic E-state index is 0.0590. The first-order valence-electron chi connectivity index (χ1n) is 5.19. The smallest absolute Gasteiger partial charge is 0.237 e. The van der Waals surface area contributed by atoms with Gasteiger partial charge in [-0.2, -0.15) is 0 Å². The molecule has 0 aliphatic carbocycles. The molecular weight excluding hydrogens is 200 g/mol. The molecule has 4 heteroatoms. The largest absolute Gasteiger partial charge is 0.342 e. The molecule has 14 heavy (non-hydrogen) atoms. The summed E-state index contributed by atoms with van der Waals surface area (Å²) in [5.74, 6) is 0.798. The Balaban J connectivity index is 2.36. The lowest BCUT2D eigenvalue weighted by Gasteiger charge is -2.23. The normalized spacial score (nSPS) is 22.6. The van der Waals surface area contributed by atoms with Crippen molar-refractivity contribution in [1.29, 1.82) is 0 Å². The molecule has 1 aliphatic rings. The van der Waals surface area contributed by atoms with Gasteiger partial charge in [0.1, 0.15) is 5.88 Å². The quantitative estimate of drug-likeness (QED) is 0.658. The number of alkyl halides is 1. The van der Waals surface area contributed by atoms with Gasteiger partial charge < -0.3 is 9.80 Å². The van der Waals surface area contributed by atoms with Crippen LogP contribution < -0.4 is 0 Å². The highest BCUT2D eigenvalue weighted by Gasteiger charge is 2.23. The van der Waals surface area contributed by atoms with Gasteiger partial charge >= 0.3 is 0 Å². The molecule has 0 saturated carbocycles. The van der Waals surface area contributed by atoms with Gasteiger partial charge in [0.25, 0.3) is 0 Å². The minimum atomic E-state index is 0.0590. The molecule has 1 amide bonds. The lowest BCUT2D eigenvalue weighted by atomic mass is 10.1. The number of carbonyl (C=O) groups excluding carboxylic acids is 1. The summed E-state index contributed by atoms with van der Waals surface area (Å²) in [5.41, 5.74) is 0. The van der Waals surface area contributed by atoms with E-state index in [-0.39, 0.29) is 11.8 Å². The Kier molecular flexibility index (Phi) is 4.69. The van der Waals surface area contributed by atoms with Crippen LogP contribution in [0.5, 0.6) is 0 Å². The number of hydrogen-bond donors (Lipinski definition) is 0. The topological polar surface area (TPSA) is 23.6 Å². The molecule has 0 aromatic heterocycles. The fraction of sp³-hybridized carbons (Fsp3) is 0.900. The van der Waals surface area contributed by atoms with Crippen molar-refractivity contribution in [3.05, 3.63) is 0 Å². The Hall–Kier alpha value is -0.280. The summed E-state index contributed by atoms with van der Waals surface area (Å²) in [7, 11) is 2.12. The summed E-state index contributed by atoms with van der Waals surface area (Å²) >= 11 is 5.54. The molecule has 1 atom stereocenters. The van der Waals surface area contributed by atoms with Crippen LogP contribution >= 0.6 is 11.6 Å². The number of nitrogens with zero attached hydrogens (tertiary/aromatic N) is 2. The first kappa shape index (κ1) is 11.8. The van der Waals surface area contributed by atoms with E-state index >= 15 is 0 Å². The zero-order valence-corrected chi connectivity index (χ0v) is 9.76. The predicted octanol–water partition coefficient (Wildman–Crippen LogP) is 1.03. The second kappa shape index (κ2) is 5.56. The van der Waals surface area contributed by atoms with Gasteiger partial charge in [0.2, 0.25) is 5.91 Å². The maximum absolute atomic E-state index is 11.4. The third-order valence-electron chi connectivity index (χ3n) is 2.82. The van der Waals surface area contributed by atoms with Gasteiger partial charge in [0.15, 0.2) is 0 Å². The number of likely N-dealkylation sites (tertiary alicyclic amines) is 1. The van der Waals surface area contributed by atoms with Crippen molar-refractivity contribution in [3.63, 3.8) is 0 Å². The first-order chi connectivity index (χ1) is 6.67. The molecular formula is C10H19ClN2O. The molecule has 0 N–H and O–H groups in total. The van der Waals surface area contributed by atoms with Crippen molar-refractivity contribution in [3.8, 4) is 0 Å². The van der Waals surface area contributed by atoms with Crippen LogP contribution in [0.1, 0.15) is 13.3 Å². The molecule has 1 saturated heterocycles. The summed E-state index contributed by atoms with van der Waals surface area (Å²) in [5, 5.41) is 0. The first-order valence-corrected chi connectivity index (χ1v) is 5.73. The van der Waals surface area contributed by atoms with E-state index < -0.39 is 0 Å². The molecule has 0 bridgehead atoms. The number of halogens is 1. The van der Waals surface area contributed by atoms with E-state index in [1.54, 1.807) is 0 Å². The molecule has 1 rings (SSSR count). The van der Waals surface area contributed by atoms with Crippen LogP contribution in [-0.4, -0.2) is 54.8 Å². The maximum Gasteiger partial charge on any atom is 0.237 e. The molecule has 0 spiro atoms. The monoisotopic (exact) mass is 218 g/mol. The van der Waals surface area contributed by atoms with Gasteiger partial charge in [-0.3, -0.25) is 4.79 Å². The number of carbonyl (C=O) groups is 1. The van der Waals surface area contributed by atoms with E-state index in [4.69, 9.17) is 11.6 Å². The minimum Gasteiger partial charge on any atom is -0.342 e. The Morgan fingerprint density at radius 3 is 2.79 bits per heavy atom.